The Morgan fingerprint density at radius 3 is 2.68 bits per heavy atom. The smallest absolute Gasteiger partial charge is 0.309 e. The van der Waals surface area contributed by atoms with E-state index in [1.165, 1.54) is 44.9 Å². The first-order valence-electron chi connectivity index (χ1n) is 10.7. The number of allylic oxidation sites excluding steroid dienone is 1. The van der Waals surface area contributed by atoms with E-state index in [-0.39, 0.29) is 18.0 Å². The Bertz CT molecular complexity index is 530. The molecule has 2 aliphatic carbocycles. The van der Waals surface area contributed by atoms with Crippen molar-refractivity contribution in [1.82, 2.24) is 4.90 Å². The number of hydrogen-bond acceptors (Lipinski definition) is 3. The van der Waals surface area contributed by atoms with Crippen molar-refractivity contribution in [2.45, 2.75) is 83.4 Å². The first-order valence-corrected chi connectivity index (χ1v) is 10.7. The van der Waals surface area contributed by atoms with Crippen LogP contribution in [0.1, 0.15) is 65.2 Å². The van der Waals surface area contributed by atoms with Gasteiger partial charge in [0.1, 0.15) is 6.10 Å². The van der Waals surface area contributed by atoms with Crippen LogP contribution in [0.15, 0.2) is 12.2 Å². The van der Waals surface area contributed by atoms with Crippen LogP contribution in [0.4, 0.5) is 0 Å². The van der Waals surface area contributed by atoms with Crippen molar-refractivity contribution in [3.05, 3.63) is 12.2 Å². The van der Waals surface area contributed by atoms with Crippen molar-refractivity contribution in [1.29, 1.82) is 0 Å². The molecule has 0 spiro atoms. The molecule has 2 saturated carbocycles. The molecule has 0 aromatic heterocycles. The monoisotopic (exact) mass is 345 g/mol. The van der Waals surface area contributed by atoms with E-state index >= 15 is 0 Å². The minimum atomic E-state index is 0.0864. The molecule has 4 fully saturated rings. The number of cyclic esters (lactones) is 1. The normalized spacial score (nSPS) is 48.2. The topological polar surface area (TPSA) is 29.5 Å². The largest absolute Gasteiger partial charge is 0.462 e. The fourth-order valence-corrected chi connectivity index (χ4v) is 6.43. The number of ether oxygens (including phenoxy) is 1. The Morgan fingerprint density at radius 2 is 1.84 bits per heavy atom. The Balaban J connectivity index is 1.57. The van der Waals surface area contributed by atoms with Gasteiger partial charge in [0, 0.05) is 18.0 Å². The number of likely N-dealkylation sites (tertiary alicyclic amines) is 1. The van der Waals surface area contributed by atoms with E-state index < -0.39 is 0 Å². The predicted molar refractivity (Wildman–Crippen MR) is 100 cm³/mol. The number of likely N-dealkylation sites (N-methyl/N-ethyl adjacent to an activating group) is 1. The summed E-state index contributed by atoms with van der Waals surface area (Å²) in [6.07, 6.45) is 15.5. The van der Waals surface area contributed by atoms with Gasteiger partial charge in [0.2, 0.25) is 0 Å². The van der Waals surface area contributed by atoms with Crippen LogP contribution in [0.5, 0.6) is 0 Å². The third-order valence-corrected chi connectivity index (χ3v) is 7.97. The molecule has 4 aliphatic rings. The molecule has 25 heavy (non-hydrogen) atoms. The fraction of sp³-hybridized carbons (Fsp3) is 0.864. The number of esters is 1. The lowest BCUT2D eigenvalue weighted by Crippen LogP contribution is -2.44. The summed E-state index contributed by atoms with van der Waals surface area (Å²) in [4.78, 5) is 14.9. The van der Waals surface area contributed by atoms with Crippen LogP contribution >= 0.6 is 0 Å². The standard InChI is InChI=1S/C22H35NO2/c1-14-7-6-9-17(23(14)3)11-12-19-18-10-5-4-8-16(18)13-20-21(19)15(2)25-22(20)24/h11-12,14-21H,4-10,13H2,1-3H3/b12-11-/t14-,15+,16-,17+,18+,19-,20+,21-/m1/s1. The maximum Gasteiger partial charge on any atom is 0.309 e. The minimum Gasteiger partial charge on any atom is -0.462 e. The zero-order valence-electron chi connectivity index (χ0n) is 16.2. The van der Waals surface area contributed by atoms with E-state index in [1.807, 2.05) is 0 Å². The van der Waals surface area contributed by atoms with Crippen LogP contribution < -0.4 is 0 Å². The van der Waals surface area contributed by atoms with Crippen molar-refractivity contribution in [3.8, 4) is 0 Å². The van der Waals surface area contributed by atoms with Gasteiger partial charge in [-0.1, -0.05) is 37.8 Å². The van der Waals surface area contributed by atoms with Gasteiger partial charge in [-0.3, -0.25) is 9.69 Å². The number of carbonyl (C=O) groups excluding carboxylic acids is 1. The van der Waals surface area contributed by atoms with Gasteiger partial charge >= 0.3 is 5.97 Å². The van der Waals surface area contributed by atoms with E-state index in [0.717, 1.165) is 18.3 Å². The second-order valence-electron chi connectivity index (χ2n) is 9.24. The Hall–Kier alpha value is -0.830. The lowest BCUT2D eigenvalue weighted by atomic mass is 9.57. The fourth-order valence-electron chi connectivity index (χ4n) is 6.43. The second-order valence-corrected chi connectivity index (χ2v) is 9.24. The molecule has 2 aliphatic heterocycles. The van der Waals surface area contributed by atoms with Crippen LogP contribution in [-0.4, -0.2) is 36.1 Å². The number of carbonyl (C=O) groups is 1. The number of nitrogens with zero attached hydrogens (tertiary/aromatic N) is 1. The van der Waals surface area contributed by atoms with Crippen molar-refractivity contribution < 1.29 is 9.53 Å². The number of hydrogen-bond donors (Lipinski definition) is 0. The molecule has 2 saturated heterocycles. The van der Waals surface area contributed by atoms with Crippen molar-refractivity contribution >= 4 is 5.97 Å². The zero-order chi connectivity index (χ0) is 17.6. The van der Waals surface area contributed by atoms with Crippen molar-refractivity contribution in [2.75, 3.05) is 7.05 Å². The first kappa shape index (κ1) is 17.6. The van der Waals surface area contributed by atoms with Gasteiger partial charge in [-0.25, -0.2) is 0 Å². The van der Waals surface area contributed by atoms with Gasteiger partial charge in [-0.05, 0) is 64.3 Å². The SMILES string of the molecule is C[C@@H]1OC(=O)[C@H]2C[C@H]3CCCC[C@@H]3[C@@H](/C=C\[C@@H]3CCC[C@@H](C)N3C)[C@@H]12. The molecular formula is C22H35NO2. The molecule has 0 radical (unpaired) electrons. The number of fused-ring (bicyclic) bond motifs is 2. The average Bonchev–Trinajstić information content (AvgIpc) is 2.89. The van der Waals surface area contributed by atoms with Crippen LogP contribution in [0.3, 0.4) is 0 Å². The Morgan fingerprint density at radius 1 is 1.04 bits per heavy atom. The van der Waals surface area contributed by atoms with Crippen molar-refractivity contribution in [3.63, 3.8) is 0 Å². The van der Waals surface area contributed by atoms with Crippen LogP contribution in [0, 0.1) is 29.6 Å². The van der Waals surface area contributed by atoms with Gasteiger partial charge in [-0.2, -0.15) is 0 Å². The third kappa shape index (κ3) is 3.18. The molecule has 140 valence electrons. The molecule has 3 nitrogen and oxygen atoms in total. The van der Waals surface area contributed by atoms with E-state index in [1.54, 1.807) is 0 Å². The third-order valence-electron chi connectivity index (χ3n) is 7.97. The highest BCUT2D eigenvalue weighted by atomic mass is 16.6. The van der Waals surface area contributed by atoms with Crippen LogP contribution in [0.25, 0.3) is 0 Å². The lowest BCUT2D eigenvalue weighted by Gasteiger charge is -2.46. The van der Waals surface area contributed by atoms with E-state index in [4.69, 9.17) is 4.74 Å². The molecule has 0 aromatic rings. The van der Waals surface area contributed by atoms with Crippen molar-refractivity contribution in [2.24, 2.45) is 29.6 Å². The lowest BCUT2D eigenvalue weighted by molar-refractivity contribution is -0.144. The first-order chi connectivity index (χ1) is 12.1. The van der Waals surface area contributed by atoms with E-state index in [2.05, 4.69) is 37.9 Å². The maximum atomic E-state index is 12.4. The molecule has 0 amide bonds. The summed E-state index contributed by atoms with van der Waals surface area (Å²) in [6, 6.07) is 1.25. The predicted octanol–water partition coefficient (Wildman–Crippen LogP) is 4.42. The van der Waals surface area contributed by atoms with Gasteiger partial charge in [0.25, 0.3) is 0 Å². The van der Waals surface area contributed by atoms with Gasteiger partial charge in [-0.15, -0.1) is 0 Å². The highest BCUT2D eigenvalue weighted by Gasteiger charge is 2.53. The molecule has 2 heterocycles. The van der Waals surface area contributed by atoms with E-state index in [9.17, 15) is 4.79 Å². The van der Waals surface area contributed by atoms with Gasteiger partial charge in [0.15, 0.2) is 0 Å². The summed E-state index contributed by atoms with van der Waals surface area (Å²) in [5.74, 6) is 2.71. The quantitative estimate of drug-likeness (QED) is 0.548. The summed E-state index contributed by atoms with van der Waals surface area (Å²) >= 11 is 0. The zero-order valence-corrected chi connectivity index (χ0v) is 16.2. The highest BCUT2D eigenvalue weighted by molar-refractivity contribution is 5.75. The minimum absolute atomic E-state index is 0.0864. The van der Waals surface area contributed by atoms with E-state index in [0.29, 0.717) is 23.9 Å². The molecule has 0 unspecified atom stereocenters. The molecule has 8 atom stereocenters. The molecule has 3 heteroatoms. The second kappa shape index (κ2) is 7.06. The summed E-state index contributed by atoms with van der Waals surface area (Å²) in [5.41, 5.74) is 0. The van der Waals surface area contributed by atoms with Gasteiger partial charge < -0.3 is 4.74 Å². The highest BCUT2D eigenvalue weighted by Crippen LogP contribution is 2.53. The summed E-state index contributed by atoms with van der Waals surface area (Å²) in [5, 5.41) is 0. The number of piperidine rings is 1. The molecule has 0 aromatic carbocycles. The summed E-state index contributed by atoms with van der Waals surface area (Å²) < 4.78 is 5.69. The molecule has 0 bridgehead atoms. The Labute approximate surface area is 153 Å². The average molecular weight is 346 g/mol. The van der Waals surface area contributed by atoms with Gasteiger partial charge in [0.05, 0.1) is 5.92 Å². The van der Waals surface area contributed by atoms with Crippen LogP contribution in [-0.2, 0) is 9.53 Å². The number of rotatable bonds is 2. The molecule has 0 N–H and O–H groups in total. The summed E-state index contributed by atoms with van der Waals surface area (Å²) in [6.45, 7) is 4.47. The molecular weight excluding hydrogens is 310 g/mol. The Kier molecular flexibility index (Phi) is 4.96. The summed E-state index contributed by atoms with van der Waals surface area (Å²) in [7, 11) is 2.27. The molecule has 4 rings (SSSR count). The van der Waals surface area contributed by atoms with Crippen LogP contribution in [0.2, 0.25) is 0 Å². The maximum absolute atomic E-state index is 12.4.